The SMILES string of the molecule is C=CCCCN(C)C(=O)NCCn1cc(C(=O)O)nn1. The van der Waals surface area contributed by atoms with Gasteiger partial charge in [0.1, 0.15) is 0 Å². The van der Waals surface area contributed by atoms with Crippen LogP contribution in [0.2, 0.25) is 0 Å². The number of nitrogens with zero attached hydrogens (tertiary/aromatic N) is 4. The molecule has 0 atom stereocenters. The molecule has 20 heavy (non-hydrogen) atoms. The molecule has 0 bridgehead atoms. The Hall–Kier alpha value is -2.38. The topological polar surface area (TPSA) is 100 Å². The van der Waals surface area contributed by atoms with Gasteiger partial charge in [-0.3, -0.25) is 0 Å². The van der Waals surface area contributed by atoms with Crippen LogP contribution in [0.4, 0.5) is 4.79 Å². The molecule has 110 valence electrons. The van der Waals surface area contributed by atoms with Crippen molar-refractivity contribution in [1.82, 2.24) is 25.2 Å². The number of rotatable bonds is 8. The van der Waals surface area contributed by atoms with Crippen molar-refractivity contribution >= 4 is 12.0 Å². The molecule has 0 saturated heterocycles. The number of hydrogen-bond donors (Lipinski definition) is 2. The highest BCUT2D eigenvalue weighted by Gasteiger charge is 2.09. The van der Waals surface area contributed by atoms with Crippen LogP contribution in [0.5, 0.6) is 0 Å². The van der Waals surface area contributed by atoms with Gasteiger partial charge in [0, 0.05) is 20.1 Å². The molecule has 0 aromatic carbocycles. The molecule has 2 amide bonds. The molecule has 0 spiro atoms. The van der Waals surface area contributed by atoms with Gasteiger partial charge in [-0.15, -0.1) is 11.7 Å². The average Bonchev–Trinajstić information content (AvgIpc) is 2.87. The molecule has 0 aliphatic heterocycles. The molecule has 1 heterocycles. The normalized spacial score (nSPS) is 10.1. The van der Waals surface area contributed by atoms with Crippen LogP contribution in [0.15, 0.2) is 18.9 Å². The molecule has 0 saturated carbocycles. The van der Waals surface area contributed by atoms with Crippen molar-refractivity contribution in [3.05, 3.63) is 24.5 Å². The third kappa shape index (κ3) is 5.09. The molecule has 8 heteroatoms. The average molecular weight is 281 g/mol. The summed E-state index contributed by atoms with van der Waals surface area (Å²) in [5.74, 6) is -1.12. The van der Waals surface area contributed by atoms with Crippen LogP contribution in [-0.2, 0) is 6.54 Å². The van der Waals surface area contributed by atoms with Crippen LogP contribution in [0, 0.1) is 0 Å². The summed E-state index contributed by atoms with van der Waals surface area (Å²) in [6, 6.07) is -0.173. The smallest absolute Gasteiger partial charge is 0.358 e. The van der Waals surface area contributed by atoms with E-state index in [1.165, 1.54) is 10.9 Å². The van der Waals surface area contributed by atoms with Crippen LogP contribution >= 0.6 is 0 Å². The number of urea groups is 1. The van der Waals surface area contributed by atoms with E-state index in [9.17, 15) is 9.59 Å². The van der Waals surface area contributed by atoms with Crippen molar-refractivity contribution in [2.75, 3.05) is 20.1 Å². The quantitative estimate of drug-likeness (QED) is 0.536. The van der Waals surface area contributed by atoms with Crippen molar-refractivity contribution in [2.45, 2.75) is 19.4 Å². The van der Waals surface area contributed by atoms with Gasteiger partial charge in [-0.1, -0.05) is 11.3 Å². The van der Waals surface area contributed by atoms with E-state index in [1.54, 1.807) is 11.9 Å². The Kier molecular flexibility index (Phi) is 6.21. The second-order valence-electron chi connectivity index (χ2n) is 4.26. The van der Waals surface area contributed by atoms with Gasteiger partial charge in [0.25, 0.3) is 0 Å². The number of carboxylic acids is 1. The number of aromatic nitrogens is 3. The number of unbranched alkanes of at least 4 members (excludes halogenated alkanes) is 1. The summed E-state index contributed by atoms with van der Waals surface area (Å²) in [6.07, 6.45) is 4.88. The second kappa shape index (κ2) is 7.93. The fraction of sp³-hybridized carbons (Fsp3) is 0.500. The van der Waals surface area contributed by atoms with E-state index < -0.39 is 5.97 Å². The maximum atomic E-state index is 11.7. The van der Waals surface area contributed by atoms with Gasteiger partial charge < -0.3 is 15.3 Å². The van der Waals surface area contributed by atoms with Gasteiger partial charge >= 0.3 is 12.0 Å². The lowest BCUT2D eigenvalue weighted by Crippen LogP contribution is -2.39. The number of allylic oxidation sites excluding steroid dienone is 1. The molecular formula is C12H19N5O3. The fourth-order valence-electron chi connectivity index (χ4n) is 1.49. The molecule has 8 nitrogen and oxygen atoms in total. The van der Waals surface area contributed by atoms with Gasteiger partial charge in [0.2, 0.25) is 0 Å². The van der Waals surface area contributed by atoms with E-state index in [0.717, 1.165) is 12.8 Å². The first kappa shape index (κ1) is 15.7. The van der Waals surface area contributed by atoms with Gasteiger partial charge in [-0.05, 0) is 12.8 Å². The molecule has 0 unspecified atom stereocenters. The number of carbonyl (C=O) groups is 2. The zero-order chi connectivity index (χ0) is 15.0. The maximum Gasteiger partial charge on any atom is 0.358 e. The largest absolute Gasteiger partial charge is 0.476 e. The Morgan fingerprint density at radius 3 is 2.95 bits per heavy atom. The summed E-state index contributed by atoms with van der Waals surface area (Å²) in [6.45, 7) is 5.00. The Morgan fingerprint density at radius 1 is 1.60 bits per heavy atom. The van der Waals surface area contributed by atoms with E-state index >= 15 is 0 Å². The van der Waals surface area contributed by atoms with Gasteiger partial charge in [0.05, 0.1) is 12.7 Å². The van der Waals surface area contributed by atoms with E-state index in [4.69, 9.17) is 5.11 Å². The Bertz CT molecular complexity index is 471. The highest BCUT2D eigenvalue weighted by Crippen LogP contribution is 1.94. The molecule has 1 aromatic rings. The summed E-state index contributed by atoms with van der Waals surface area (Å²) in [5.41, 5.74) is -0.113. The maximum absolute atomic E-state index is 11.7. The summed E-state index contributed by atoms with van der Waals surface area (Å²) in [4.78, 5) is 23.9. The minimum absolute atomic E-state index is 0.113. The Balaban J connectivity index is 2.26. The van der Waals surface area contributed by atoms with Gasteiger partial charge in [0.15, 0.2) is 5.69 Å². The minimum Gasteiger partial charge on any atom is -0.476 e. The number of amides is 2. The highest BCUT2D eigenvalue weighted by molar-refractivity contribution is 5.84. The molecule has 0 radical (unpaired) electrons. The number of carboxylic acid groups (broad SMARTS) is 1. The van der Waals surface area contributed by atoms with E-state index in [2.05, 4.69) is 22.2 Å². The highest BCUT2D eigenvalue weighted by atomic mass is 16.4. The van der Waals surface area contributed by atoms with Crippen molar-refractivity contribution < 1.29 is 14.7 Å². The van der Waals surface area contributed by atoms with Crippen LogP contribution < -0.4 is 5.32 Å². The predicted molar refractivity (Wildman–Crippen MR) is 72.4 cm³/mol. The lowest BCUT2D eigenvalue weighted by atomic mass is 10.3. The molecule has 1 aromatic heterocycles. The lowest BCUT2D eigenvalue weighted by molar-refractivity contribution is 0.0690. The van der Waals surface area contributed by atoms with Crippen molar-refractivity contribution in [2.24, 2.45) is 0 Å². The number of carbonyl (C=O) groups excluding carboxylic acids is 1. The molecule has 2 N–H and O–H groups in total. The van der Waals surface area contributed by atoms with Gasteiger partial charge in [-0.25, -0.2) is 14.3 Å². The molecule has 1 rings (SSSR count). The monoisotopic (exact) mass is 281 g/mol. The molecule has 0 fully saturated rings. The molecular weight excluding hydrogens is 262 g/mol. The summed E-state index contributed by atoms with van der Waals surface area (Å²) in [5, 5.41) is 18.5. The Morgan fingerprint density at radius 2 is 2.35 bits per heavy atom. The van der Waals surface area contributed by atoms with Crippen molar-refractivity contribution in [3.8, 4) is 0 Å². The van der Waals surface area contributed by atoms with Crippen molar-refractivity contribution in [1.29, 1.82) is 0 Å². The van der Waals surface area contributed by atoms with Crippen LogP contribution in [0.1, 0.15) is 23.3 Å². The summed E-state index contributed by atoms with van der Waals surface area (Å²) in [7, 11) is 1.72. The van der Waals surface area contributed by atoms with Crippen LogP contribution in [0.25, 0.3) is 0 Å². The number of aromatic carboxylic acids is 1. The zero-order valence-corrected chi connectivity index (χ0v) is 11.4. The first-order valence-corrected chi connectivity index (χ1v) is 6.28. The number of hydrogen-bond acceptors (Lipinski definition) is 4. The lowest BCUT2D eigenvalue weighted by Gasteiger charge is -2.17. The third-order valence-corrected chi connectivity index (χ3v) is 2.62. The molecule has 0 aliphatic carbocycles. The number of nitrogens with one attached hydrogen (secondary N) is 1. The molecule has 0 aliphatic rings. The summed E-state index contributed by atoms with van der Waals surface area (Å²) < 4.78 is 1.38. The second-order valence-corrected chi connectivity index (χ2v) is 4.26. The van der Waals surface area contributed by atoms with Gasteiger partial charge in [-0.2, -0.15) is 0 Å². The van der Waals surface area contributed by atoms with E-state index in [0.29, 0.717) is 19.6 Å². The van der Waals surface area contributed by atoms with Crippen LogP contribution in [-0.4, -0.2) is 57.1 Å². The predicted octanol–water partition coefficient (Wildman–Crippen LogP) is 0.584. The van der Waals surface area contributed by atoms with E-state index in [-0.39, 0.29) is 11.7 Å². The Labute approximate surface area is 117 Å². The first-order valence-electron chi connectivity index (χ1n) is 6.28. The fourth-order valence-corrected chi connectivity index (χ4v) is 1.49. The van der Waals surface area contributed by atoms with Crippen molar-refractivity contribution in [3.63, 3.8) is 0 Å². The zero-order valence-electron chi connectivity index (χ0n) is 11.4. The summed E-state index contributed by atoms with van der Waals surface area (Å²) >= 11 is 0. The standard InChI is InChI=1S/C12H19N5O3/c1-3-4-5-7-16(2)12(20)13-6-8-17-9-10(11(18)19)14-15-17/h3,9H,1,4-8H2,2H3,(H,13,20)(H,18,19). The third-order valence-electron chi connectivity index (χ3n) is 2.62. The van der Waals surface area contributed by atoms with Crippen LogP contribution in [0.3, 0.4) is 0 Å². The van der Waals surface area contributed by atoms with E-state index in [1.807, 2.05) is 6.08 Å². The minimum atomic E-state index is -1.12. The first-order chi connectivity index (χ1) is 9.54.